The Bertz CT molecular complexity index is 1580. The van der Waals surface area contributed by atoms with Gasteiger partial charge in [-0.2, -0.15) is 0 Å². The molecule has 0 spiro atoms. The number of anilines is 1. The normalized spacial score (nSPS) is 13.8. The van der Waals surface area contributed by atoms with Gasteiger partial charge in [-0.3, -0.25) is 9.89 Å². The maximum atomic E-state index is 13.6. The molecule has 0 amide bonds. The molecule has 1 N–H and O–H groups in total. The summed E-state index contributed by atoms with van der Waals surface area (Å²) in [6.07, 6.45) is 1.83. The largest absolute Gasteiger partial charge is 0.290 e. The second kappa shape index (κ2) is 8.23. The van der Waals surface area contributed by atoms with E-state index in [0.717, 1.165) is 16.8 Å². The SMILES string of the molecule is Cc1ccc(S(=O)(=O)N2CCc3c([nH]n(-c4cccc(C(C)(C)C)c4)c3=O)-c3cccnc32)cc1. The molecule has 2 aromatic heterocycles. The van der Waals surface area contributed by atoms with Crippen LogP contribution >= 0.6 is 0 Å². The third-order valence-corrected chi connectivity index (χ3v) is 8.23. The number of nitrogens with one attached hydrogen (secondary N) is 1. The van der Waals surface area contributed by atoms with Gasteiger partial charge in [0.05, 0.1) is 16.3 Å². The van der Waals surface area contributed by atoms with Crippen LogP contribution in [0, 0.1) is 6.92 Å². The van der Waals surface area contributed by atoms with Crippen LogP contribution in [0.25, 0.3) is 16.9 Å². The van der Waals surface area contributed by atoms with Crippen molar-refractivity contribution in [3.05, 3.63) is 93.9 Å². The second-order valence-electron chi connectivity index (χ2n) is 9.92. The van der Waals surface area contributed by atoms with Gasteiger partial charge >= 0.3 is 0 Å². The maximum Gasteiger partial charge on any atom is 0.275 e. The van der Waals surface area contributed by atoms with E-state index in [1.807, 2.05) is 25.1 Å². The topological polar surface area (TPSA) is 88.1 Å². The van der Waals surface area contributed by atoms with Gasteiger partial charge in [-0.15, -0.1) is 0 Å². The zero-order valence-corrected chi connectivity index (χ0v) is 21.1. The van der Waals surface area contributed by atoms with Gasteiger partial charge in [0.25, 0.3) is 15.6 Å². The molecule has 35 heavy (non-hydrogen) atoms. The lowest BCUT2D eigenvalue weighted by Crippen LogP contribution is -2.34. The molecule has 0 unspecified atom stereocenters. The summed E-state index contributed by atoms with van der Waals surface area (Å²) < 4.78 is 30.0. The summed E-state index contributed by atoms with van der Waals surface area (Å²) >= 11 is 0. The first kappa shape index (κ1) is 23.1. The lowest BCUT2D eigenvalue weighted by Gasteiger charge is -2.23. The van der Waals surface area contributed by atoms with Crippen LogP contribution in [0.3, 0.4) is 0 Å². The van der Waals surface area contributed by atoms with Crippen LogP contribution in [-0.2, 0) is 21.9 Å². The summed E-state index contributed by atoms with van der Waals surface area (Å²) in [6.45, 7) is 8.41. The van der Waals surface area contributed by atoms with Crippen molar-refractivity contribution in [2.24, 2.45) is 0 Å². The van der Waals surface area contributed by atoms with Crippen molar-refractivity contribution in [2.45, 2.75) is 44.4 Å². The molecule has 0 bridgehead atoms. The zero-order valence-electron chi connectivity index (χ0n) is 20.2. The van der Waals surface area contributed by atoms with Crippen LogP contribution in [-0.4, -0.2) is 29.7 Å². The number of benzene rings is 2. The number of hydrogen-bond donors (Lipinski definition) is 1. The molecular weight excluding hydrogens is 460 g/mol. The molecule has 7 nitrogen and oxygen atoms in total. The molecule has 0 saturated carbocycles. The summed E-state index contributed by atoms with van der Waals surface area (Å²) in [5.74, 6) is 0.309. The van der Waals surface area contributed by atoms with E-state index in [4.69, 9.17) is 0 Å². The van der Waals surface area contributed by atoms with E-state index >= 15 is 0 Å². The lowest BCUT2D eigenvalue weighted by atomic mass is 9.87. The van der Waals surface area contributed by atoms with Crippen LogP contribution in [0.4, 0.5) is 5.82 Å². The number of H-pyrrole nitrogens is 1. The molecule has 0 atom stereocenters. The molecule has 4 aromatic rings. The van der Waals surface area contributed by atoms with Gasteiger partial charge in [0.15, 0.2) is 5.82 Å². The summed E-state index contributed by atoms with van der Waals surface area (Å²) in [5.41, 5.74) is 4.31. The van der Waals surface area contributed by atoms with Crippen molar-refractivity contribution >= 4 is 15.8 Å². The minimum Gasteiger partial charge on any atom is -0.290 e. The van der Waals surface area contributed by atoms with E-state index in [2.05, 4.69) is 36.9 Å². The number of rotatable bonds is 3. The minimum absolute atomic E-state index is 0.0648. The van der Waals surface area contributed by atoms with Gasteiger partial charge < -0.3 is 0 Å². The van der Waals surface area contributed by atoms with Gasteiger partial charge in [-0.05, 0) is 60.7 Å². The first-order chi connectivity index (χ1) is 16.6. The highest BCUT2D eigenvalue weighted by Crippen LogP contribution is 2.36. The fourth-order valence-electron chi connectivity index (χ4n) is 4.40. The number of aromatic amines is 1. The molecule has 1 aliphatic heterocycles. The van der Waals surface area contributed by atoms with Crippen molar-refractivity contribution in [3.63, 3.8) is 0 Å². The highest BCUT2D eigenvalue weighted by molar-refractivity contribution is 7.92. The molecule has 3 heterocycles. The highest BCUT2D eigenvalue weighted by atomic mass is 32.2. The highest BCUT2D eigenvalue weighted by Gasteiger charge is 2.33. The van der Waals surface area contributed by atoms with E-state index in [-0.39, 0.29) is 28.8 Å². The van der Waals surface area contributed by atoms with E-state index in [0.29, 0.717) is 22.6 Å². The van der Waals surface area contributed by atoms with Crippen LogP contribution in [0.1, 0.15) is 37.5 Å². The Hall–Kier alpha value is -3.65. The monoisotopic (exact) mass is 488 g/mol. The summed E-state index contributed by atoms with van der Waals surface area (Å²) in [5, 5.41) is 3.25. The quantitative estimate of drug-likeness (QED) is 0.457. The third kappa shape index (κ3) is 3.97. The number of aryl methyl sites for hydroxylation is 1. The Morgan fingerprint density at radius 1 is 1.00 bits per heavy atom. The Labute approximate surface area is 205 Å². The molecule has 180 valence electrons. The van der Waals surface area contributed by atoms with Crippen molar-refractivity contribution in [1.82, 2.24) is 14.8 Å². The Morgan fingerprint density at radius 3 is 2.46 bits per heavy atom. The minimum atomic E-state index is -3.86. The zero-order chi connectivity index (χ0) is 25.0. The molecule has 1 aliphatic rings. The second-order valence-corrected chi connectivity index (χ2v) is 11.8. The summed E-state index contributed by atoms with van der Waals surface area (Å²) in [7, 11) is -3.86. The van der Waals surface area contributed by atoms with Gasteiger partial charge in [-0.1, -0.05) is 50.6 Å². The first-order valence-corrected chi connectivity index (χ1v) is 13.0. The number of aromatic nitrogens is 3. The average molecular weight is 489 g/mol. The number of fused-ring (bicyclic) bond motifs is 3. The first-order valence-electron chi connectivity index (χ1n) is 11.6. The van der Waals surface area contributed by atoms with Crippen LogP contribution in [0.15, 0.2) is 76.6 Å². The Morgan fingerprint density at radius 2 is 1.74 bits per heavy atom. The van der Waals surface area contributed by atoms with Crippen molar-refractivity contribution in [3.8, 4) is 16.9 Å². The van der Waals surface area contributed by atoms with Crippen molar-refractivity contribution in [1.29, 1.82) is 0 Å². The number of nitrogens with zero attached hydrogens (tertiary/aromatic N) is 3. The van der Waals surface area contributed by atoms with Crippen molar-refractivity contribution in [2.75, 3.05) is 10.8 Å². The molecule has 8 heteroatoms. The van der Waals surface area contributed by atoms with Gasteiger partial charge in [0.1, 0.15) is 0 Å². The van der Waals surface area contributed by atoms with Crippen LogP contribution in [0.2, 0.25) is 0 Å². The number of sulfonamides is 1. The average Bonchev–Trinajstić information content (AvgIpc) is 3.05. The van der Waals surface area contributed by atoms with Gasteiger partial charge in [0, 0.05) is 23.9 Å². The summed E-state index contributed by atoms with van der Waals surface area (Å²) in [4.78, 5) is 18.2. The Balaban J connectivity index is 1.64. The molecule has 2 aromatic carbocycles. The molecular formula is C27H28N4O3S. The summed E-state index contributed by atoms with van der Waals surface area (Å²) in [6, 6.07) is 18.2. The molecule has 0 fully saturated rings. The van der Waals surface area contributed by atoms with E-state index in [1.54, 1.807) is 47.3 Å². The number of hydrogen-bond acceptors (Lipinski definition) is 4. The lowest BCUT2D eigenvalue weighted by molar-refractivity contribution is 0.589. The van der Waals surface area contributed by atoms with Gasteiger partial charge in [0.2, 0.25) is 0 Å². The van der Waals surface area contributed by atoms with Crippen LogP contribution in [0.5, 0.6) is 0 Å². The predicted octanol–water partition coefficient (Wildman–Crippen LogP) is 4.58. The van der Waals surface area contributed by atoms with E-state index < -0.39 is 10.0 Å². The van der Waals surface area contributed by atoms with E-state index in [1.165, 1.54) is 4.31 Å². The van der Waals surface area contributed by atoms with Crippen LogP contribution < -0.4 is 9.86 Å². The van der Waals surface area contributed by atoms with Crippen molar-refractivity contribution < 1.29 is 8.42 Å². The van der Waals surface area contributed by atoms with Gasteiger partial charge in [-0.25, -0.2) is 22.4 Å². The van der Waals surface area contributed by atoms with E-state index in [9.17, 15) is 13.2 Å². The smallest absolute Gasteiger partial charge is 0.275 e. The molecule has 0 saturated heterocycles. The fraction of sp³-hybridized carbons (Fsp3) is 0.259. The standard InChI is InChI=1S/C27H28N4O3S/c1-18-10-12-21(13-11-18)35(33,34)30-16-14-23-24(22-9-6-15-28-25(22)30)29-31(26(23)32)20-8-5-7-19(17-20)27(2,3)4/h5-13,15,17,29H,14,16H2,1-4H3. The molecule has 0 aliphatic carbocycles. The third-order valence-electron chi connectivity index (χ3n) is 6.42. The predicted molar refractivity (Wildman–Crippen MR) is 138 cm³/mol. The molecule has 0 radical (unpaired) electrons. The fourth-order valence-corrected chi connectivity index (χ4v) is 5.84. The molecule has 5 rings (SSSR count). The Kier molecular flexibility index (Phi) is 5.44. The number of pyridine rings is 1. The maximum absolute atomic E-state index is 13.6.